The van der Waals surface area contributed by atoms with Gasteiger partial charge in [0, 0.05) is 28.6 Å². The molecule has 0 saturated carbocycles. The van der Waals surface area contributed by atoms with E-state index in [4.69, 9.17) is 5.10 Å². The molecule has 0 amide bonds. The molecule has 7 rings (SSSR count). The molecule has 1 aliphatic rings. The van der Waals surface area contributed by atoms with Gasteiger partial charge >= 0.3 is 0 Å². The Morgan fingerprint density at radius 1 is 0.810 bits per heavy atom. The van der Waals surface area contributed by atoms with E-state index in [1.54, 1.807) is 4.68 Å². The SMILES string of the molecule is C/C(Nc1cc(C)nn1-c1ccccc1)=C1/C(=O)c2c(c3c(C)nn(-c4ccccc4)c3[nH]c2=O)[C@H]1c1ccccc1. The Hall–Kier alpha value is -5.50. The molecule has 0 aliphatic heterocycles. The molecule has 206 valence electrons. The number of ketones is 1. The first-order valence-corrected chi connectivity index (χ1v) is 13.8. The fraction of sp³-hybridized carbons (Fsp3) is 0.118. The second-order valence-corrected chi connectivity index (χ2v) is 10.6. The average molecular weight is 553 g/mol. The van der Waals surface area contributed by atoms with Gasteiger partial charge < -0.3 is 10.3 Å². The number of H-pyrrole nitrogens is 1. The van der Waals surface area contributed by atoms with Gasteiger partial charge in [-0.3, -0.25) is 9.59 Å². The van der Waals surface area contributed by atoms with Gasteiger partial charge in [-0.15, -0.1) is 0 Å². The van der Waals surface area contributed by atoms with Crippen molar-refractivity contribution in [2.45, 2.75) is 26.7 Å². The summed E-state index contributed by atoms with van der Waals surface area (Å²) in [6, 6.07) is 31.3. The number of aromatic amines is 1. The number of hydrogen-bond acceptors (Lipinski definition) is 5. The molecule has 42 heavy (non-hydrogen) atoms. The van der Waals surface area contributed by atoms with Crippen molar-refractivity contribution in [3.8, 4) is 11.4 Å². The lowest BCUT2D eigenvalue weighted by Gasteiger charge is -2.18. The lowest BCUT2D eigenvalue weighted by Crippen LogP contribution is -2.18. The van der Waals surface area contributed by atoms with Crippen LogP contribution in [0.15, 0.2) is 113 Å². The predicted molar refractivity (Wildman–Crippen MR) is 164 cm³/mol. The average Bonchev–Trinajstić information content (AvgIpc) is 3.65. The first kappa shape index (κ1) is 25.5. The van der Waals surface area contributed by atoms with E-state index in [1.165, 1.54) is 0 Å². The van der Waals surface area contributed by atoms with Crippen LogP contribution in [0.1, 0.15) is 45.7 Å². The zero-order chi connectivity index (χ0) is 29.0. The highest BCUT2D eigenvalue weighted by Crippen LogP contribution is 2.46. The van der Waals surface area contributed by atoms with Crippen LogP contribution in [-0.2, 0) is 0 Å². The minimum Gasteiger partial charge on any atom is -0.343 e. The Balaban J connectivity index is 1.46. The number of pyridine rings is 1. The maximum Gasteiger partial charge on any atom is 0.261 e. The van der Waals surface area contributed by atoms with Gasteiger partial charge in [-0.05, 0) is 56.2 Å². The Morgan fingerprint density at radius 3 is 2.05 bits per heavy atom. The molecule has 3 aromatic carbocycles. The van der Waals surface area contributed by atoms with E-state index < -0.39 is 11.5 Å². The Morgan fingerprint density at radius 2 is 1.40 bits per heavy atom. The van der Waals surface area contributed by atoms with Gasteiger partial charge in [0.15, 0.2) is 5.78 Å². The topological polar surface area (TPSA) is 97.6 Å². The summed E-state index contributed by atoms with van der Waals surface area (Å²) in [5, 5.41) is 13.7. The normalized spacial score (nSPS) is 15.7. The number of anilines is 1. The minimum atomic E-state index is -0.465. The fourth-order valence-corrected chi connectivity index (χ4v) is 6.04. The number of benzene rings is 3. The van der Waals surface area contributed by atoms with Crippen molar-refractivity contribution in [3.63, 3.8) is 0 Å². The number of carbonyl (C=O) groups is 1. The highest BCUT2D eigenvalue weighted by atomic mass is 16.1. The lowest BCUT2D eigenvalue weighted by molar-refractivity contribution is 0.103. The van der Waals surface area contributed by atoms with E-state index in [9.17, 15) is 9.59 Å². The molecular formula is C34H28N6O2. The van der Waals surface area contributed by atoms with Gasteiger partial charge in [-0.2, -0.15) is 10.2 Å². The first-order valence-electron chi connectivity index (χ1n) is 13.8. The Labute approximate surface area is 242 Å². The number of carbonyl (C=O) groups excluding carboxylic acids is 1. The predicted octanol–water partition coefficient (Wildman–Crippen LogP) is 6.23. The van der Waals surface area contributed by atoms with Crippen LogP contribution in [0.3, 0.4) is 0 Å². The van der Waals surface area contributed by atoms with Crippen molar-refractivity contribution in [2.75, 3.05) is 5.32 Å². The summed E-state index contributed by atoms with van der Waals surface area (Å²) in [5.74, 6) is -0.0277. The minimum absolute atomic E-state index is 0.163. The van der Waals surface area contributed by atoms with Crippen LogP contribution < -0.4 is 10.9 Å². The quantitative estimate of drug-likeness (QED) is 0.247. The third-order valence-corrected chi connectivity index (χ3v) is 7.79. The van der Waals surface area contributed by atoms with Crippen molar-refractivity contribution < 1.29 is 4.79 Å². The van der Waals surface area contributed by atoms with E-state index in [1.807, 2.05) is 123 Å². The molecule has 8 nitrogen and oxygen atoms in total. The van der Waals surface area contributed by atoms with Gasteiger partial charge in [0.2, 0.25) is 0 Å². The van der Waals surface area contributed by atoms with Crippen molar-refractivity contribution in [1.29, 1.82) is 0 Å². The van der Waals surface area contributed by atoms with E-state index in [2.05, 4.69) is 15.4 Å². The number of nitrogens with zero attached hydrogens (tertiary/aromatic N) is 4. The zero-order valence-electron chi connectivity index (χ0n) is 23.4. The lowest BCUT2D eigenvalue weighted by atomic mass is 9.87. The van der Waals surface area contributed by atoms with Crippen LogP contribution in [0.4, 0.5) is 5.82 Å². The molecule has 6 aromatic rings. The molecular weight excluding hydrogens is 524 g/mol. The summed E-state index contributed by atoms with van der Waals surface area (Å²) in [6.45, 7) is 5.74. The Bertz CT molecular complexity index is 2070. The monoisotopic (exact) mass is 552 g/mol. The van der Waals surface area contributed by atoms with Crippen LogP contribution in [0.2, 0.25) is 0 Å². The molecule has 1 aliphatic carbocycles. The summed E-state index contributed by atoms with van der Waals surface area (Å²) in [6.07, 6.45) is 0. The molecule has 0 radical (unpaired) electrons. The van der Waals surface area contributed by atoms with Gasteiger partial charge in [0.25, 0.3) is 5.56 Å². The van der Waals surface area contributed by atoms with Gasteiger partial charge in [-0.25, -0.2) is 9.36 Å². The molecule has 3 aromatic heterocycles. The molecule has 0 spiro atoms. The number of fused-ring (bicyclic) bond motifs is 3. The molecule has 0 fully saturated rings. The van der Waals surface area contributed by atoms with Crippen LogP contribution in [0.5, 0.6) is 0 Å². The second-order valence-electron chi connectivity index (χ2n) is 10.6. The molecule has 0 unspecified atom stereocenters. The molecule has 0 saturated heterocycles. The molecule has 8 heteroatoms. The number of aromatic nitrogens is 5. The van der Waals surface area contributed by atoms with Gasteiger partial charge in [0.1, 0.15) is 11.5 Å². The van der Waals surface area contributed by atoms with E-state index in [0.29, 0.717) is 22.5 Å². The molecule has 2 N–H and O–H groups in total. The summed E-state index contributed by atoms with van der Waals surface area (Å²) in [5.41, 5.74) is 6.40. The summed E-state index contributed by atoms with van der Waals surface area (Å²) in [7, 11) is 0. The van der Waals surface area contributed by atoms with Crippen LogP contribution in [-0.4, -0.2) is 30.3 Å². The molecule has 1 atom stereocenters. The zero-order valence-corrected chi connectivity index (χ0v) is 23.4. The van der Waals surface area contributed by atoms with E-state index in [-0.39, 0.29) is 11.3 Å². The first-order chi connectivity index (χ1) is 20.4. The highest BCUT2D eigenvalue weighted by Gasteiger charge is 2.42. The maximum absolute atomic E-state index is 14.3. The largest absolute Gasteiger partial charge is 0.343 e. The van der Waals surface area contributed by atoms with E-state index >= 15 is 0 Å². The third kappa shape index (κ3) is 3.99. The van der Waals surface area contributed by atoms with Crippen molar-refractivity contribution in [3.05, 3.63) is 147 Å². The number of Topliss-reactive ketones (excluding diaryl/α,β-unsaturated/α-hetero) is 1. The van der Waals surface area contributed by atoms with Crippen molar-refractivity contribution in [2.24, 2.45) is 0 Å². The van der Waals surface area contributed by atoms with Gasteiger partial charge in [0.05, 0.1) is 28.3 Å². The fourth-order valence-electron chi connectivity index (χ4n) is 6.04. The summed E-state index contributed by atoms with van der Waals surface area (Å²) in [4.78, 5) is 30.9. The standard InChI is InChI=1S/C34H28N6O2/c1-20-19-26(39(37-20)24-15-9-5-10-16-24)35-21(2)27-29(23-13-7-4-8-14-23)30-28-22(3)38-40(25-17-11-6-12-18-25)33(28)36-34(42)31(30)32(27)41/h4-19,29,35H,1-3H3,(H,36,42)/b27-21-/t29-/m0/s1. The number of hydrogen-bond donors (Lipinski definition) is 2. The highest BCUT2D eigenvalue weighted by molar-refractivity contribution is 6.18. The van der Waals surface area contributed by atoms with Crippen LogP contribution in [0, 0.1) is 13.8 Å². The summed E-state index contributed by atoms with van der Waals surface area (Å²) >= 11 is 0. The van der Waals surface area contributed by atoms with Crippen molar-refractivity contribution in [1.82, 2.24) is 24.5 Å². The van der Waals surface area contributed by atoms with Crippen molar-refractivity contribution >= 4 is 22.6 Å². The Kier molecular flexibility index (Phi) is 5.97. The molecule has 0 bridgehead atoms. The third-order valence-electron chi connectivity index (χ3n) is 7.79. The number of para-hydroxylation sites is 2. The maximum atomic E-state index is 14.3. The smallest absolute Gasteiger partial charge is 0.261 e. The molecule has 3 heterocycles. The van der Waals surface area contributed by atoms with Crippen LogP contribution >= 0.6 is 0 Å². The number of nitrogens with one attached hydrogen (secondary N) is 2. The van der Waals surface area contributed by atoms with Gasteiger partial charge in [-0.1, -0.05) is 66.7 Å². The second kappa shape index (κ2) is 9.85. The summed E-state index contributed by atoms with van der Waals surface area (Å²) < 4.78 is 3.56. The number of rotatable bonds is 5. The number of allylic oxidation sites excluding steroid dienone is 2. The van der Waals surface area contributed by atoms with E-state index in [0.717, 1.165) is 39.5 Å². The number of aryl methyl sites for hydroxylation is 2. The van der Waals surface area contributed by atoms with Crippen LogP contribution in [0.25, 0.3) is 22.4 Å².